The van der Waals surface area contributed by atoms with Crippen LogP contribution in [0.4, 0.5) is 11.6 Å². The highest BCUT2D eigenvalue weighted by atomic mass is 16.5. The van der Waals surface area contributed by atoms with Gasteiger partial charge in [-0.15, -0.1) is 0 Å². The fourth-order valence-electron chi connectivity index (χ4n) is 1.94. The first-order valence-corrected chi connectivity index (χ1v) is 6.52. The van der Waals surface area contributed by atoms with Crippen LogP contribution in [-0.2, 0) is 17.9 Å². The van der Waals surface area contributed by atoms with Crippen molar-refractivity contribution in [1.29, 1.82) is 0 Å². The van der Waals surface area contributed by atoms with Crippen molar-refractivity contribution in [3.8, 4) is 0 Å². The molecular formula is C15H20N4O. The van der Waals surface area contributed by atoms with E-state index in [1.165, 1.54) is 5.56 Å². The van der Waals surface area contributed by atoms with E-state index in [4.69, 9.17) is 4.74 Å². The standard InChI is InChI=1S/C15H20N4O/c1-16-13-9-15(18-14(17-13)11-20-3)19(2)10-12-7-5-4-6-8-12/h4-9H,10-11H2,1-3H3,(H,16,17,18). The van der Waals surface area contributed by atoms with Crippen LogP contribution in [-0.4, -0.2) is 31.2 Å². The summed E-state index contributed by atoms with van der Waals surface area (Å²) in [6, 6.07) is 12.2. The molecular weight excluding hydrogens is 252 g/mol. The van der Waals surface area contributed by atoms with Gasteiger partial charge in [-0.05, 0) is 5.56 Å². The summed E-state index contributed by atoms with van der Waals surface area (Å²) in [6.07, 6.45) is 0. The van der Waals surface area contributed by atoms with Gasteiger partial charge in [0.2, 0.25) is 0 Å². The molecule has 5 nitrogen and oxygen atoms in total. The second-order valence-electron chi connectivity index (χ2n) is 4.55. The summed E-state index contributed by atoms with van der Waals surface area (Å²) < 4.78 is 5.11. The zero-order valence-electron chi connectivity index (χ0n) is 12.1. The lowest BCUT2D eigenvalue weighted by molar-refractivity contribution is 0.178. The molecule has 5 heteroatoms. The summed E-state index contributed by atoms with van der Waals surface area (Å²) in [7, 11) is 5.51. The Morgan fingerprint density at radius 2 is 1.95 bits per heavy atom. The zero-order valence-corrected chi connectivity index (χ0v) is 12.1. The average molecular weight is 272 g/mol. The van der Waals surface area contributed by atoms with Crippen molar-refractivity contribution >= 4 is 11.6 Å². The molecule has 0 saturated carbocycles. The Labute approximate surface area is 119 Å². The Hall–Kier alpha value is -2.14. The summed E-state index contributed by atoms with van der Waals surface area (Å²) >= 11 is 0. The van der Waals surface area contributed by atoms with E-state index in [9.17, 15) is 0 Å². The van der Waals surface area contributed by atoms with Crippen LogP contribution < -0.4 is 10.2 Å². The predicted octanol–water partition coefficient (Wildman–Crippen LogP) is 2.30. The number of ether oxygens (including phenoxy) is 1. The van der Waals surface area contributed by atoms with Crippen LogP contribution in [0.1, 0.15) is 11.4 Å². The molecule has 1 N–H and O–H groups in total. The van der Waals surface area contributed by atoms with Crippen molar-refractivity contribution in [3.05, 3.63) is 47.8 Å². The highest BCUT2D eigenvalue weighted by Gasteiger charge is 2.08. The number of hydrogen-bond acceptors (Lipinski definition) is 5. The lowest BCUT2D eigenvalue weighted by Gasteiger charge is -2.19. The first-order valence-electron chi connectivity index (χ1n) is 6.52. The molecule has 0 aliphatic carbocycles. The van der Waals surface area contributed by atoms with Crippen LogP contribution in [0.15, 0.2) is 36.4 Å². The molecule has 2 aromatic rings. The number of rotatable bonds is 6. The summed E-state index contributed by atoms with van der Waals surface area (Å²) in [4.78, 5) is 11.0. The maximum Gasteiger partial charge on any atom is 0.158 e. The van der Waals surface area contributed by atoms with Gasteiger partial charge in [0.1, 0.15) is 18.2 Å². The first kappa shape index (κ1) is 14.3. The molecule has 0 fully saturated rings. The Kier molecular flexibility index (Phi) is 4.90. The summed E-state index contributed by atoms with van der Waals surface area (Å²) in [5.41, 5.74) is 1.24. The number of methoxy groups -OCH3 is 1. The van der Waals surface area contributed by atoms with Crippen LogP contribution in [0.5, 0.6) is 0 Å². The van der Waals surface area contributed by atoms with Crippen molar-refractivity contribution in [2.75, 3.05) is 31.4 Å². The number of aromatic nitrogens is 2. The van der Waals surface area contributed by atoms with E-state index in [1.807, 2.05) is 38.4 Å². The molecule has 20 heavy (non-hydrogen) atoms. The van der Waals surface area contributed by atoms with Gasteiger partial charge in [0, 0.05) is 33.8 Å². The third-order valence-electron chi connectivity index (χ3n) is 2.94. The van der Waals surface area contributed by atoms with Gasteiger partial charge >= 0.3 is 0 Å². The Morgan fingerprint density at radius 1 is 1.20 bits per heavy atom. The molecule has 1 aromatic heterocycles. The molecule has 0 aliphatic rings. The first-order chi connectivity index (χ1) is 9.72. The van der Waals surface area contributed by atoms with Crippen molar-refractivity contribution < 1.29 is 4.74 Å². The fraction of sp³-hybridized carbons (Fsp3) is 0.333. The maximum atomic E-state index is 5.11. The second kappa shape index (κ2) is 6.86. The number of nitrogens with one attached hydrogen (secondary N) is 1. The van der Waals surface area contributed by atoms with Crippen molar-refractivity contribution in [2.24, 2.45) is 0 Å². The predicted molar refractivity (Wildman–Crippen MR) is 80.8 cm³/mol. The van der Waals surface area contributed by atoms with E-state index in [-0.39, 0.29) is 0 Å². The van der Waals surface area contributed by atoms with E-state index < -0.39 is 0 Å². The van der Waals surface area contributed by atoms with Gasteiger partial charge in [0.25, 0.3) is 0 Å². The Bertz CT molecular complexity index is 545. The van der Waals surface area contributed by atoms with Gasteiger partial charge < -0.3 is 15.0 Å². The molecule has 0 atom stereocenters. The highest BCUT2D eigenvalue weighted by molar-refractivity contribution is 5.49. The second-order valence-corrected chi connectivity index (χ2v) is 4.55. The maximum absolute atomic E-state index is 5.11. The molecule has 0 bridgehead atoms. The monoisotopic (exact) mass is 272 g/mol. The quantitative estimate of drug-likeness (QED) is 0.874. The van der Waals surface area contributed by atoms with E-state index in [2.05, 4.69) is 32.3 Å². The number of anilines is 2. The minimum Gasteiger partial charge on any atom is -0.377 e. The fourth-order valence-corrected chi connectivity index (χ4v) is 1.94. The smallest absolute Gasteiger partial charge is 0.158 e. The molecule has 2 rings (SSSR count). The Balaban J connectivity index is 2.19. The summed E-state index contributed by atoms with van der Waals surface area (Å²) in [5, 5.41) is 3.05. The minimum atomic E-state index is 0.404. The third-order valence-corrected chi connectivity index (χ3v) is 2.94. The molecule has 0 spiro atoms. The summed E-state index contributed by atoms with van der Waals surface area (Å²) in [5.74, 6) is 2.34. The lowest BCUT2D eigenvalue weighted by atomic mass is 10.2. The van der Waals surface area contributed by atoms with Gasteiger partial charge in [-0.2, -0.15) is 0 Å². The van der Waals surface area contributed by atoms with E-state index in [0.717, 1.165) is 18.2 Å². The molecule has 0 saturated heterocycles. The van der Waals surface area contributed by atoms with E-state index in [0.29, 0.717) is 12.4 Å². The van der Waals surface area contributed by atoms with Crippen LogP contribution in [0.3, 0.4) is 0 Å². The van der Waals surface area contributed by atoms with Crippen molar-refractivity contribution in [1.82, 2.24) is 9.97 Å². The normalized spacial score (nSPS) is 10.3. The molecule has 106 valence electrons. The number of nitrogens with zero attached hydrogens (tertiary/aromatic N) is 3. The van der Waals surface area contributed by atoms with Crippen molar-refractivity contribution in [2.45, 2.75) is 13.2 Å². The van der Waals surface area contributed by atoms with Crippen LogP contribution in [0, 0.1) is 0 Å². The largest absolute Gasteiger partial charge is 0.377 e. The molecule has 1 heterocycles. The number of hydrogen-bond donors (Lipinski definition) is 1. The van der Waals surface area contributed by atoms with Crippen LogP contribution in [0.25, 0.3) is 0 Å². The van der Waals surface area contributed by atoms with Gasteiger partial charge in [0.05, 0.1) is 0 Å². The molecule has 1 aromatic carbocycles. The van der Waals surface area contributed by atoms with Crippen molar-refractivity contribution in [3.63, 3.8) is 0 Å². The zero-order chi connectivity index (χ0) is 14.4. The molecule has 0 aliphatic heterocycles. The lowest BCUT2D eigenvalue weighted by Crippen LogP contribution is -2.19. The minimum absolute atomic E-state index is 0.404. The Morgan fingerprint density at radius 3 is 2.60 bits per heavy atom. The van der Waals surface area contributed by atoms with Gasteiger partial charge in [-0.3, -0.25) is 0 Å². The molecule has 0 radical (unpaired) electrons. The van der Waals surface area contributed by atoms with E-state index in [1.54, 1.807) is 7.11 Å². The van der Waals surface area contributed by atoms with E-state index >= 15 is 0 Å². The van der Waals surface area contributed by atoms with Crippen LogP contribution >= 0.6 is 0 Å². The van der Waals surface area contributed by atoms with Gasteiger partial charge in [0.15, 0.2) is 5.82 Å². The summed E-state index contributed by atoms with van der Waals surface area (Å²) in [6.45, 7) is 1.20. The third kappa shape index (κ3) is 3.68. The van der Waals surface area contributed by atoms with Gasteiger partial charge in [-0.25, -0.2) is 9.97 Å². The topological polar surface area (TPSA) is 50.3 Å². The molecule has 0 unspecified atom stereocenters. The average Bonchev–Trinajstić information content (AvgIpc) is 2.48. The SMILES string of the molecule is CNc1cc(N(C)Cc2ccccc2)nc(COC)n1. The van der Waals surface area contributed by atoms with Gasteiger partial charge in [-0.1, -0.05) is 30.3 Å². The molecule has 0 amide bonds. The highest BCUT2D eigenvalue weighted by Crippen LogP contribution is 2.17. The number of benzene rings is 1. The van der Waals surface area contributed by atoms with Crippen LogP contribution in [0.2, 0.25) is 0 Å².